The van der Waals surface area contributed by atoms with E-state index in [1.54, 1.807) is 4.90 Å². The molecule has 1 heterocycles. The van der Waals surface area contributed by atoms with Crippen LogP contribution in [0, 0.1) is 0 Å². The second kappa shape index (κ2) is 8.14. The molecule has 1 saturated heterocycles. The van der Waals surface area contributed by atoms with Crippen LogP contribution in [-0.4, -0.2) is 43.7 Å². The largest absolute Gasteiger partial charge is 0.493 e. The van der Waals surface area contributed by atoms with Gasteiger partial charge in [-0.3, -0.25) is 4.79 Å². The molecule has 1 aromatic carbocycles. The van der Waals surface area contributed by atoms with Gasteiger partial charge in [-0.1, -0.05) is 0 Å². The van der Waals surface area contributed by atoms with Crippen LogP contribution in [0.4, 0.5) is 8.78 Å². The molecular weight excluding hydrogens is 318 g/mol. The molecule has 1 unspecified atom stereocenters. The van der Waals surface area contributed by atoms with Crippen molar-refractivity contribution in [1.82, 2.24) is 4.90 Å². The Balaban J connectivity index is 0.00000242. The highest BCUT2D eigenvalue weighted by Gasteiger charge is 2.23. The number of halogens is 3. The van der Waals surface area contributed by atoms with Gasteiger partial charge in [0.2, 0.25) is 0 Å². The van der Waals surface area contributed by atoms with Crippen molar-refractivity contribution in [2.45, 2.75) is 25.5 Å². The first-order valence-corrected chi connectivity index (χ1v) is 6.69. The van der Waals surface area contributed by atoms with Crippen molar-refractivity contribution in [2.24, 2.45) is 5.73 Å². The van der Waals surface area contributed by atoms with Crippen LogP contribution in [0.25, 0.3) is 0 Å². The highest BCUT2D eigenvalue weighted by molar-refractivity contribution is 5.95. The number of carbonyl (C=O) groups excluding carboxylic acids is 1. The highest BCUT2D eigenvalue weighted by atomic mass is 35.5. The molecule has 0 bridgehead atoms. The van der Waals surface area contributed by atoms with Crippen molar-refractivity contribution in [3.63, 3.8) is 0 Å². The fourth-order valence-corrected chi connectivity index (χ4v) is 2.37. The summed E-state index contributed by atoms with van der Waals surface area (Å²) in [6.07, 6.45) is 1.72. The molecule has 2 N–H and O–H groups in total. The zero-order valence-corrected chi connectivity index (χ0v) is 12.9. The van der Waals surface area contributed by atoms with Crippen LogP contribution in [-0.2, 0) is 0 Å². The van der Waals surface area contributed by atoms with E-state index in [0.29, 0.717) is 13.1 Å². The lowest BCUT2D eigenvalue weighted by Crippen LogP contribution is -2.45. The molecule has 0 aromatic heterocycles. The first-order valence-electron chi connectivity index (χ1n) is 6.69. The van der Waals surface area contributed by atoms with Crippen molar-refractivity contribution in [1.29, 1.82) is 0 Å². The first kappa shape index (κ1) is 18.4. The van der Waals surface area contributed by atoms with Gasteiger partial charge in [-0.05, 0) is 31.0 Å². The Morgan fingerprint density at radius 2 is 2.14 bits per heavy atom. The smallest absolute Gasteiger partial charge is 0.387 e. The number of piperidine rings is 1. The molecule has 1 aliphatic heterocycles. The standard InChI is InChI=1S/C14H18F2N2O3.ClH/c1-20-11-5-4-9(7-12(11)21-14(15)16)13(19)18-6-2-3-10(17)8-18;/h4-5,7,10,14H,2-3,6,8,17H2,1H3;1H. The van der Waals surface area contributed by atoms with Gasteiger partial charge in [0.05, 0.1) is 7.11 Å². The number of hydrogen-bond acceptors (Lipinski definition) is 4. The summed E-state index contributed by atoms with van der Waals surface area (Å²) in [4.78, 5) is 14.0. The number of benzene rings is 1. The van der Waals surface area contributed by atoms with E-state index in [-0.39, 0.29) is 41.4 Å². The summed E-state index contributed by atoms with van der Waals surface area (Å²) in [5.74, 6) is -0.242. The lowest BCUT2D eigenvalue weighted by molar-refractivity contribution is -0.0512. The van der Waals surface area contributed by atoms with Crippen LogP contribution >= 0.6 is 12.4 Å². The van der Waals surface area contributed by atoms with Crippen LogP contribution in [0.5, 0.6) is 11.5 Å². The van der Waals surface area contributed by atoms with Gasteiger partial charge in [-0.25, -0.2) is 0 Å². The van der Waals surface area contributed by atoms with Gasteiger partial charge in [0.15, 0.2) is 11.5 Å². The van der Waals surface area contributed by atoms with E-state index >= 15 is 0 Å². The van der Waals surface area contributed by atoms with Gasteiger partial charge in [0, 0.05) is 24.7 Å². The number of likely N-dealkylation sites (tertiary alicyclic amines) is 1. The van der Waals surface area contributed by atoms with Crippen molar-refractivity contribution in [2.75, 3.05) is 20.2 Å². The number of methoxy groups -OCH3 is 1. The molecule has 1 amide bonds. The minimum atomic E-state index is -2.98. The third-order valence-electron chi connectivity index (χ3n) is 3.37. The van der Waals surface area contributed by atoms with Gasteiger partial charge in [0.25, 0.3) is 5.91 Å². The molecule has 0 saturated carbocycles. The van der Waals surface area contributed by atoms with E-state index in [4.69, 9.17) is 10.5 Å². The van der Waals surface area contributed by atoms with E-state index < -0.39 is 6.61 Å². The number of nitrogens with two attached hydrogens (primary N) is 1. The molecular formula is C14H19ClF2N2O3. The van der Waals surface area contributed by atoms with Crippen molar-refractivity contribution >= 4 is 18.3 Å². The summed E-state index contributed by atoms with van der Waals surface area (Å²) in [6.45, 7) is -1.90. The number of carbonyl (C=O) groups is 1. The van der Waals surface area contributed by atoms with Crippen molar-refractivity contribution in [3.05, 3.63) is 23.8 Å². The maximum absolute atomic E-state index is 12.4. The molecule has 0 aliphatic carbocycles. The molecule has 0 radical (unpaired) electrons. The van der Waals surface area contributed by atoms with Crippen molar-refractivity contribution < 1.29 is 23.0 Å². The van der Waals surface area contributed by atoms with E-state index in [9.17, 15) is 13.6 Å². The zero-order chi connectivity index (χ0) is 15.4. The minimum absolute atomic E-state index is 0. The average molecular weight is 337 g/mol. The molecule has 0 spiro atoms. The number of hydrogen-bond donors (Lipinski definition) is 1. The van der Waals surface area contributed by atoms with Gasteiger partial charge >= 0.3 is 6.61 Å². The van der Waals surface area contributed by atoms with Crippen LogP contribution in [0.15, 0.2) is 18.2 Å². The summed E-state index contributed by atoms with van der Waals surface area (Å²) >= 11 is 0. The van der Waals surface area contributed by atoms with Crippen LogP contribution in [0.2, 0.25) is 0 Å². The quantitative estimate of drug-likeness (QED) is 0.916. The highest BCUT2D eigenvalue weighted by Crippen LogP contribution is 2.30. The third-order valence-corrected chi connectivity index (χ3v) is 3.37. The van der Waals surface area contributed by atoms with Crippen LogP contribution < -0.4 is 15.2 Å². The molecule has 8 heteroatoms. The summed E-state index contributed by atoms with van der Waals surface area (Å²) in [6, 6.07) is 4.19. The number of ether oxygens (including phenoxy) is 2. The zero-order valence-electron chi connectivity index (χ0n) is 12.1. The lowest BCUT2D eigenvalue weighted by atomic mass is 10.1. The third kappa shape index (κ3) is 4.45. The molecule has 1 fully saturated rings. The molecule has 1 aromatic rings. The second-order valence-electron chi connectivity index (χ2n) is 4.90. The SMILES string of the molecule is COc1ccc(C(=O)N2CCCC(N)C2)cc1OC(F)F.Cl. The second-order valence-corrected chi connectivity index (χ2v) is 4.90. The fourth-order valence-electron chi connectivity index (χ4n) is 2.37. The number of amides is 1. The molecule has 2 rings (SSSR count). The normalized spacial score (nSPS) is 17.9. The summed E-state index contributed by atoms with van der Waals surface area (Å²) in [5, 5.41) is 0. The Kier molecular flexibility index (Phi) is 6.83. The van der Waals surface area contributed by atoms with E-state index in [0.717, 1.165) is 12.8 Å². The molecule has 1 atom stereocenters. The number of rotatable bonds is 4. The monoisotopic (exact) mass is 336 g/mol. The topological polar surface area (TPSA) is 64.8 Å². The minimum Gasteiger partial charge on any atom is -0.493 e. The van der Waals surface area contributed by atoms with Crippen LogP contribution in [0.3, 0.4) is 0 Å². The van der Waals surface area contributed by atoms with E-state index in [1.807, 2.05) is 0 Å². The van der Waals surface area contributed by atoms with E-state index in [1.165, 1.54) is 25.3 Å². The Hall–Kier alpha value is -1.60. The average Bonchev–Trinajstić information content (AvgIpc) is 2.46. The van der Waals surface area contributed by atoms with Gasteiger partial charge in [0.1, 0.15) is 0 Å². The summed E-state index contributed by atoms with van der Waals surface area (Å²) in [7, 11) is 1.35. The predicted octanol–water partition coefficient (Wildman–Crippen LogP) is 2.28. The first-order chi connectivity index (χ1) is 10.0. The van der Waals surface area contributed by atoms with Crippen LogP contribution in [0.1, 0.15) is 23.2 Å². The molecule has 5 nitrogen and oxygen atoms in total. The van der Waals surface area contributed by atoms with Gasteiger partial charge in [-0.15, -0.1) is 12.4 Å². The number of nitrogens with zero attached hydrogens (tertiary/aromatic N) is 1. The molecule has 22 heavy (non-hydrogen) atoms. The molecule has 124 valence electrons. The van der Waals surface area contributed by atoms with Gasteiger partial charge < -0.3 is 20.1 Å². The van der Waals surface area contributed by atoms with Gasteiger partial charge in [-0.2, -0.15) is 8.78 Å². The summed E-state index contributed by atoms with van der Waals surface area (Å²) < 4.78 is 34.1. The Bertz CT molecular complexity index is 517. The Morgan fingerprint density at radius 3 is 2.73 bits per heavy atom. The summed E-state index contributed by atoms with van der Waals surface area (Å²) in [5.41, 5.74) is 6.12. The van der Waals surface area contributed by atoms with E-state index in [2.05, 4.69) is 4.74 Å². The fraction of sp³-hybridized carbons (Fsp3) is 0.500. The Labute approximate surface area is 133 Å². The lowest BCUT2D eigenvalue weighted by Gasteiger charge is -2.31. The maximum atomic E-state index is 12.4. The number of alkyl halides is 2. The maximum Gasteiger partial charge on any atom is 0.387 e. The molecule has 1 aliphatic rings. The predicted molar refractivity (Wildman–Crippen MR) is 80.0 cm³/mol. The van der Waals surface area contributed by atoms with Crippen molar-refractivity contribution in [3.8, 4) is 11.5 Å². The Morgan fingerprint density at radius 1 is 1.41 bits per heavy atom.